The molecule has 0 radical (unpaired) electrons. The third kappa shape index (κ3) is 4.89. The normalized spacial score (nSPS) is 10.8. The Morgan fingerprint density at radius 3 is 2.37 bits per heavy atom. The quantitative estimate of drug-likeness (QED) is 0.274. The maximum absolute atomic E-state index is 12.6. The number of imidazole rings is 1. The van der Waals surface area contributed by atoms with Gasteiger partial charge < -0.3 is 10.3 Å². The molecule has 0 aliphatic rings. The van der Waals surface area contributed by atoms with Crippen LogP contribution in [0.15, 0.2) is 64.4 Å². The number of nitrogens with zero attached hydrogens (tertiary/aromatic N) is 1. The lowest BCUT2D eigenvalue weighted by Gasteiger charge is -2.04. The monoisotopic (exact) mass is 453 g/mol. The minimum atomic E-state index is -0.0752. The van der Waals surface area contributed by atoms with Crippen LogP contribution in [0.4, 0.5) is 0 Å². The van der Waals surface area contributed by atoms with E-state index >= 15 is 0 Å². The zero-order chi connectivity index (χ0) is 20.9. The second-order valence-electron chi connectivity index (χ2n) is 6.54. The summed E-state index contributed by atoms with van der Waals surface area (Å²) in [4.78, 5) is 34.0. The van der Waals surface area contributed by atoms with Crippen LogP contribution in [0.2, 0.25) is 0 Å². The Morgan fingerprint density at radius 2 is 1.73 bits per heavy atom. The third-order valence-electron chi connectivity index (χ3n) is 4.36. The van der Waals surface area contributed by atoms with Gasteiger partial charge in [0.2, 0.25) is 5.91 Å². The number of Topliss-reactive ketones (excluding diaryl/α,β-unsaturated/α-hetero) is 1. The van der Waals surface area contributed by atoms with Gasteiger partial charge in [-0.15, -0.1) is 22.7 Å². The number of thioether (sulfide) groups is 1. The van der Waals surface area contributed by atoms with Gasteiger partial charge in [0.05, 0.1) is 21.2 Å². The molecule has 0 spiro atoms. The highest BCUT2D eigenvalue weighted by molar-refractivity contribution is 7.99. The van der Waals surface area contributed by atoms with Crippen molar-refractivity contribution in [1.82, 2.24) is 15.3 Å². The fourth-order valence-corrected chi connectivity index (χ4v) is 5.07. The maximum atomic E-state index is 12.6. The van der Waals surface area contributed by atoms with Crippen LogP contribution in [0.25, 0.3) is 21.1 Å². The van der Waals surface area contributed by atoms with Gasteiger partial charge in [-0.2, -0.15) is 0 Å². The number of aromatic nitrogens is 2. The molecule has 3 heterocycles. The van der Waals surface area contributed by atoms with E-state index in [4.69, 9.17) is 4.98 Å². The number of benzene rings is 1. The molecule has 4 rings (SSSR count). The lowest BCUT2D eigenvalue weighted by atomic mass is 10.1. The average Bonchev–Trinajstić information content (AvgIpc) is 3.51. The van der Waals surface area contributed by atoms with Gasteiger partial charge in [0, 0.05) is 19.0 Å². The molecule has 0 aliphatic heterocycles. The number of thiophene rings is 2. The van der Waals surface area contributed by atoms with Crippen molar-refractivity contribution in [3.05, 3.63) is 70.4 Å². The van der Waals surface area contributed by atoms with Gasteiger partial charge in [0.15, 0.2) is 10.9 Å². The van der Waals surface area contributed by atoms with Crippen molar-refractivity contribution in [2.45, 2.75) is 18.6 Å². The van der Waals surface area contributed by atoms with Crippen molar-refractivity contribution in [3.8, 4) is 21.1 Å². The number of hydrogen-bond donors (Lipinski definition) is 2. The second-order valence-corrected chi connectivity index (χ2v) is 9.40. The second kappa shape index (κ2) is 9.42. The summed E-state index contributed by atoms with van der Waals surface area (Å²) < 4.78 is 0. The number of H-pyrrole nitrogens is 1. The summed E-state index contributed by atoms with van der Waals surface area (Å²) in [6, 6.07) is 15.5. The molecule has 0 fully saturated rings. The molecule has 5 nitrogen and oxygen atoms in total. The summed E-state index contributed by atoms with van der Waals surface area (Å²) in [6.07, 6.45) is 0. The first kappa shape index (κ1) is 20.6. The fourth-order valence-electron chi connectivity index (χ4n) is 2.86. The maximum Gasteiger partial charge on any atom is 0.217 e. The van der Waals surface area contributed by atoms with Gasteiger partial charge >= 0.3 is 0 Å². The van der Waals surface area contributed by atoms with Crippen molar-refractivity contribution in [2.24, 2.45) is 0 Å². The molecule has 4 aromatic rings. The summed E-state index contributed by atoms with van der Waals surface area (Å²) >= 11 is 4.72. The minimum Gasteiger partial charge on any atom is -0.352 e. The highest BCUT2D eigenvalue weighted by Gasteiger charge is 2.17. The molecule has 152 valence electrons. The first-order chi connectivity index (χ1) is 14.6. The number of hydrogen-bond acceptors (Lipinski definition) is 6. The first-order valence-corrected chi connectivity index (χ1v) is 12.0. The Balaban J connectivity index is 1.45. The van der Waals surface area contributed by atoms with Crippen LogP contribution >= 0.6 is 34.4 Å². The lowest BCUT2D eigenvalue weighted by Crippen LogP contribution is -2.18. The van der Waals surface area contributed by atoms with E-state index in [0.717, 1.165) is 31.9 Å². The molecule has 2 N–H and O–H groups in total. The van der Waals surface area contributed by atoms with Crippen LogP contribution in [-0.4, -0.2) is 27.4 Å². The highest BCUT2D eigenvalue weighted by Crippen LogP contribution is 2.36. The number of ketones is 1. The summed E-state index contributed by atoms with van der Waals surface area (Å²) in [7, 11) is 0. The number of nitrogens with one attached hydrogen (secondary N) is 2. The standard InChI is InChI=1S/C22H19N3O2S3/c1-14(26)23-12-15-6-8-16(9-7-15)17(27)13-30-22-24-20(18-4-2-10-28-18)21(25-22)19-5-3-11-29-19/h2-11H,12-13H2,1H3,(H,23,26)(H,24,25). The Kier molecular flexibility index (Phi) is 6.47. The molecule has 0 bridgehead atoms. The van der Waals surface area contributed by atoms with Gasteiger partial charge in [-0.1, -0.05) is 48.2 Å². The third-order valence-corrected chi connectivity index (χ3v) is 7.00. The zero-order valence-electron chi connectivity index (χ0n) is 16.2. The predicted molar refractivity (Wildman–Crippen MR) is 124 cm³/mol. The van der Waals surface area contributed by atoms with Gasteiger partial charge in [-0.3, -0.25) is 9.59 Å². The Labute approximate surface area is 186 Å². The van der Waals surface area contributed by atoms with E-state index in [1.807, 2.05) is 35.0 Å². The summed E-state index contributed by atoms with van der Waals surface area (Å²) in [6.45, 7) is 1.94. The van der Waals surface area contributed by atoms with E-state index in [-0.39, 0.29) is 11.7 Å². The number of rotatable bonds is 8. The van der Waals surface area contributed by atoms with Gasteiger partial charge in [-0.05, 0) is 28.5 Å². The molecule has 3 aromatic heterocycles. The van der Waals surface area contributed by atoms with Crippen molar-refractivity contribution >= 4 is 46.1 Å². The average molecular weight is 454 g/mol. The molecule has 8 heteroatoms. The Morgan fingerprint density at radius 1 is 1.03 bits per heavy atom. The van der Waals surface area contributed by atoms with Gasteiger partial charge in [-0.25, -0.2) is 4.98 Å². The van der Waals surface area contributed by atoms with Crippen molar-refractivity contribution in [3.63, 3.8) is 0 Å². The number of carbonyl (C=O) groups is 2. The molecule has 0 saturated heterocycles. The van der Waals surface area contributed by atoms with Crippen molar-refractivity contribution in [1.29, 1.82) is 0 Å². The molecule has 0 aliphatic carbocycles. The minimum absolute atomic E-state index is 0.0397. The van der Waals surface area contributed by atoms with Gasteiger partial charge in [0.25, 0.3) is 0 Å². The zero-order valence-corrected chi connectivity index (χ0v) is 18.6. The number of amides is 1. The summed E-state index contributed by atoms with van der Waals surface area (Å²) in [5.41, 5.74) is 3.52. The van der Waals surface area contributed by atoms with Crippen LogP contribution in [0.3, 0.4) is 0 Å². The van der Waals surface area contributed by atoms with Gasteiger partial charge in [0.1, 0.15) is 5.69 Å². The molecule has 0 saturated carbocycles. The van der Waals surface area contributed by atoms with E-state index in [9.17, 15) is 9.59 Å². The Hall–Kier alpha value is -2.68. The van der Waals surface area contributed by atoms with Crippen LogP contribution in [-0.2, 0) is 11.3 Å². The molecule has 0 atom stereocenters. The number of carbonyl (C=O) groups excluding carboxylic acids is 2. The molecule has 0 unspecified atom stereocenters. The van der Waals surface area contributed by atoms with Crippen molar-refractivity contribution in [2.75, 3.05) is 5.75 Å². The fraction of sp³-hybridized carbons (Fsp3) is 0.136. The molecular formula is C22H19N3O2S3. The number of aromatic amines is 1. The summed E-state index contributed by atoms with van der Waals surface area (Å²) in [5, 5.41) is 7.56. The SMILES string of the molecule is CC(=O)NCc1ccc(C(=O)CSc2nc(-c3cccs3)c(-c3cccs3)[nH]2)cc1. The largest absolute Gasteiger partial charge is 0.352 e. The molecule has 30 heavy (non-hydrogen) atoms. The summed E-state index contributed by atoms with van der Waals surface area (Å²) in [5.74, 6) is 0.262. The smallest absolute Gasteiger partial charge is 0.217 e. The van der Waals surface area contributed by atoms with E-state index < -0.39 is 0 Å². The Bertz CT molecular complexity index is 1080. The predicted octanol–water partition coefficient (Wildman–Crippen LogP) is 5.48. The van der Waals surface area contributed by atoms with E-state index in [0.29, 0.717) is 17.9 Å². The van der Waals surface area contributed by atoms with E-state index in [2.05, 4.69) is 22.4 Å². The topological polar surface area (TPSA) is 74.8 Å². The van der Waals surface area contributed by atoms with E-state index in [1.54, 1.807) is 34.8 Å². The van der Waals surface area contributed by atoms with E-state index in [1.165, 1.54) is 18.7 Å². The lowest BCUT2D eigenvalue weighted by molar-refractivity contribution is -0.119. The van der Waals surface area contributed by atoms with Crippen molar-refractivity contribution < 1.29 is 9.59 Å². The van der Waals surface area contributed by atoms with Crippen LogP contribution in [0.5, 0.6) is 0 Å². The van der Waals surface area contributed by atoms with Crippen LogP contribution in [0.1, 0.15) is 22.8 Å². The molecule has 1 amide bonds. The van der Waals surface area contributed by atoms with Crippen LogP contribution < -0.4 is 5.32 Å². The molecular weight excluding hydrogens is 434 g/mol. The highest BCUT2D eigenvalue weighted by atomic mass is 32.2. The molecule has 1 aromatic carbocycles. The first-order valence-electron chi connectivity index (χ1n) is 9.27. The van der Waals surface area contributed by atoms with Crippen LogP contribution in [0, 0.1) is 0 Å².